The van der Waals surface area contributed by atoms with Gasteiger partial charge in [0.2, 0.25) is 5.91 Å². The summed E-state index contributed by atoms with van der Waals surface area (Å²) in [4.78, 5) is 23.2. The summed E-state index contributed by atoms with van der Waals surface area (Å²) >= 11 is 0. The first-order valence-corrected chi connectivity index (χ1v) is 7.10. The topological polar surface area (TPSA) is 66.4 Å². The zero-order chi connectivity index (χ0) is 13.1. The molecule has 2 rings (SSSR count). The molecule has 4 nitrogen and oxygen atoms in total. The lowest BCUT2D eigenvalue weighted by atomic mass is 9.78. The predicted molar refractivity (Wildman–Crippen MR) is 68.0 cm³/mol. The van der Waals surface area contributed by atoms with E-state index in [1.54, 1.807) is 0 Å². The minimum atomic E-state index is -0.815. The Kier molecular flexibility index (Phi) is 4.25. The minimum Gasteiger partial charge on any atom is -0.481 e. The summed E-state index contributed by atoms with van der Waals surface area (Å²) in [7, 11) is 0. The van der Waals surface area contributed by atoms with Crippen LogP contribution in [0.5, 0.6) is 0 Å². The van der Waals surface area contributed by atoms with E-state index < -0.39 is 11.9 Å². The number of amides is 1. The zero-order valence-corrected chi connectivity index (χ0v) is 11.0. The average molecular weight is 253 g/mol. The SMILES string of the molecule is CC(CNC(=O)C1CCCCC1C(=O)O)C1CC1. The van der Waals surface area contributed by atoms with Crippen molar-refractivity contribution in [2.24, 2.45) is 23.7 Å². The molecule has 2 aliphatic carbocycles. The van der Waals surface area contributed by atoms with Crippen LogP contribution >= 0.6 is 0 Å². The molecule has 0 bridgehead atoms. The molecule has 0 aromatic heterocycles. The molecule has 0 radical (unpaired) electrons. The van der Waals surface area contributed by atoms with Gasteiger partial charge in [0.1, 0.15) is 0 Å². The Bertz CT molecular complexity index is 325. The van der Waals surface area contributed by atoms with Crippen LogP contribution in [0.2, 0.25) is 0 Å². The Morgan fingerprint density at radius 2 is 1.78 bits per heavy atom. The molecule has 2 fully saturated rings. The smallest absolute Gasteiger partial charge is 0.307 e. The molecule has 2 saturated carbocycles. The molecule has 0 heterocycles. The Labute approximate surface area is 108 Å². The van der Waals surface area contributed by atoms with E-state index in [9.17, 15) is 9.59 Å². The summed E-state index contributed by atoms with van der Waals surface area (Å²) < 4.78 is 0. The number of carboxylic acids is 1. The lowest BCUT2D eigenvalue weighted by Crippen LogP contribution is -2.41. The molecule has 2 aliphatic rings. The summed E-state index contributed by atoms with van der Waals surface area (Å²) in [6, 6.07) is 0. The first-order valence-electron chi connectivity index (χ1n) is 7.10. The first kappa shape index (κ1) is 13.4. The maximum Gasteiger partial charge on any atom is 0.307 e. The van der Waals surface area contributed by atoms with E-state index >= 15 is 0 Å². The third-order valence-corrected chi connectivity index (χ3v) is 4.44. The Morgan fingerprint density at radius 1 is 1.17 bits per heavy atom. The quantitative estimate of drug-likeness (QED) is 0.788. The van der Waals surface area contributed by atoms with Crippen LogP contribution in [0.1, 0.15) is 45.4 Å². The van der Waals surface area contributed by atoms with Crippen molar-refractivity contribution in [1.29, 1.82) is 0 Å². The van der Waals surface area contributed by atoms with Crippen molar-refractivity contribution in [3.8, 4) is 0 Å². The van der Waals surface area contributed by atoms with Gasteiger partial charge in [0, 0.05) is 6.54 Å². The fourth-order valence-electron chi connectivity index (χ4n) is 2.96. The van der Waals surface area contributed by atoms with Gasteiger partial charge in [-0.1, -0.05) is 19.8 Å². The van der Waals surface area contributed by atoms with Crippen molar-refractivity contribution < 1.29 is 14.7 Å². The second kappa shape index (κ2) is 5.72. The van der Waals surface area contributed by atoms with Crippen molar-refractivity contribution in [2.75, 3.05) is 6.54 Å². The second-order valence-electron chi connectivity index (χ2n) is 5.90. The number of rotatable bonds is 5. The fraction of sp³-hybridized carbons (Fsp3) is 0.857. The van der Waals surface area contributed by atoms with Crippen LogP contribution in [0.4, 0.5) is 0 Å². The fourth-order valence-corrected chi connectivity index (χ4v) is 2.96. The van der Waals surface area contributed by atoms with Crippen LogP contribution in [0.15, 0.2) is 0 Å². The lowest BCUT2D eigenvalue weighted by molar-refractivity contribution is -0.148. The number of carbonyl (C=O) groups excluding carboxylic acids is 1. The van der Waals surface area contributed by atoms with Gasteiger partial charge in [-0.15, -0.1) is 0 Å². The monoisotopic (exact) mass is 253 g/mol. The number of nitrogens with one attached hydrogen (secondary N) is 1. The van der Waals surface area contributed by atoms with Crippen LogP contribution < -0.4 is 5.32 Å². The van der Waals surface area contributed by atoms with E-state index in [-0.39, 0.29) is 11.8 Å². The Hall–Kier alpha value is -1.06. The molecule has 0 saturated heterocycles. The largest absolute Gasteiger partial charge is 0.481 e. The molecule has 1 amide bonds. The average Bonchev–Trinajstić information content (AvgIpc) is 3.19. The molecule has 2 N–H and O–H groups in total. The molecule has 0 aliphatic heterocycles. The van der Waals surface area contributed by atoms with Crippen molar-refractivity contribution in [1.82, 2.24) is 5.32 Å². The van der Waals surface area contributed by atoms with Gasteiger partial charge in [0.15, 0.2) is 0 Å². The lowest BCUT2D eigenvalue weighted by Gasteiger charge is -2.27. The van der Waals surface area contributed by atoms with Gasteiger partial charge < -0.3 is 10.4 Å². The molecule has 102 valence electrons. The Balaban J connectivity index is 1.83. The molecule has 3 unspecified atom stereocenters. The summed E-state index contributed by atoms with van der Waals surface area (Å²) in [6.07, 6.45) is 5.82. The Morgan fingerprint density at radius 3 is 2.33 bits per heavy atom. The van der Waals surface area contributed by atoms with Crippen LogP contribution in [0.25, 0.3) is 0 Å². The third kappa shape index (κ3) is 3.24. The van der Waals surface area contributed by atoms with E-state index in [1.165, 1.54) is 12.8 Å². The molecule has 0 aromatic carbocycles. The number of aliphatic carboxylic acids is 1. The minimum absolute atomic E-state index is 0.0467. The summed E-state index contributed by atoms with van der Waals surface area (Å²) in [5.41, 5.74) is 0. The van der Waals surface area contributed by atoms with Gasteiger partial charge >= 0.3 is 5.97 Å². The molecule has 18 heavy (non-hydrogen) atoms. The maximum absolute atomic E-state index is 12.1. The van der Waals surface area contributed by atoms with E-state index in [2.05, 4.69) is 12.2 Å². The van der Waals surface area contributed by atoms with Crippen molar-refractivity contribution in [3.05, 3.63) is 0 Å². The van der Waals surface area contributed by atoms with E-state index in [0.29, 0.717) is 18.9 Å². The van der Waals surface area contributed by atoms with Gasteiger partial charge in [-0.3, -0.25) is 9.59 Å². The number of carboxylic acid groups (broad SMARTS) is 1. The number of carbonyl (C=O) groups is 2. The van der Waals surface area contributed by atoms with Gasteiger partial charge in [-0.05, 0) is 37.5 Å². The van der Waals surface area contributed by atoms with Crippen LogP contribution in [-0.2, 0) is 9.59 Å². The molecule has 0 aromatic rings. The van der Waals surface area contributed by atoms with Crippen LogP contribution in [0, 0.1) is 23.7 Å². The zero-order valence-electron chi connectivity index (χ0n) is 11.0. The summed E-state index contributed by atoms with van der Waals surface area (Å²) in [6.45, 7) is 2.86. The standard InChI is InChI=1S/C14H23NO3/c1-9(10-6-7-10)8-15-13(16)11-4-2-3-5-12(11)14(17)18/h9-12H,2-8H2,1H3,(H,15,16)(H,17,18). The van der Waals surface area contributed by atoms with E-state index in [0.717, 1.165) is 25.2 Å². The van der Waals surface area contributed by atoms with Crippen LogP contribution in [-0.4, -0.2) is 23.5 Å². The highest BCUT2D eigenvalue weighted by Crippen LogP contribution is 2.36. The molecular weight excluding hydrogens is 230 g/mol. The van der Waals surface area contributed by atoms with Crippen LogP contribution in [0.3, 0.4) is 0 Å². The second-order valence-corrected chi connectivity index (χ2v) is 5.90. The van der Waals surface area contributed by atoms with Gasteiger partial charge in [0.25, 0.3) is 0 Å². The summed E-state index contributed by atoms with van der Waals surface area (Å²) in [5, 5.41) is 12.1. The first-order chi connectivity index (χ1) is 8.59. The normalized spacial score (nSPS) is 29.6. The summed E-state index contributed by atoms with van der Waals surface area (Å²) in [5.74, 6) is -0.356. The molecular formula is C14H23NO3. The molecule has 3 atom stereocenters. The predicted octanol–water partition coefficient (Wildman–Crippen LogP) is 2.04. The van der Waals surface area contributed by atoms with E-state index in [4.69, 9.17) is 5.11 Å². The highest BCUT2D eigenvalue weighted by Gasteiger charge is 2.36. The number of hydrogen-bond acceptors (Lipinski definition) is 2. The highest BCUT2D eigenvalue weighted by molar-refractivity contribution is 5.84. The third-order valence-electron chi connectivity index (χ3n) is 4.44. The highest BCUT2D eigenvalue weighted by atomic mass is 16.4. The van der Waals surface area contributed by atoms with E-state index in [1.807, 2.05) is 0 Å². The van der Waals surface area contributed by atoms with Crippen molar-refractivity contribution in [3.63, 3.8) is 0 Å². The maximum atomic E-state index is 12.1. The van der Waals surface area contributed by atoms with Crippen molar-refractivity contribution >= 4 is 11.9 Å². The van der Waals surface area contributed by atoms with Gasteiger partial charge in [-0.2, -0.15) is 0 Å². The van der Waals surface area contributed by atoms with Gasteiger partial charge in [-0.25, -0.2) is 0 Å². The molecule has 4 heteroatoms. The molecule has 0 spiro atoms. The van der Waals surface area contributed by atoms with Crippen molar-refractivity contribution in [2.45, 2.75) is 45.4 Å². The van der Waals surface area contributed by atoms with Gasteiger partial charge in [0.05, 0.1) is 11.8 Å². The number of hydrogen-bond donors (Lipinski definition) is 2.